The highest BCUT2D eigenvalue weighted by molar-refractivity contribution is 5.65. The summed E-state index contributed by atoms with van der Waals surface area (Å²) in [5, 5.41) is 0. The Labute approximate surface area is 106 Å². The Morgan fingerprint density at radius 2 is 1.56 bits per heavy atom. The van der Waals surface area contributed by atoms with Crippen LogP contribution in [-0.4, -0.2) is 6.54 Å². The maximum atomic E-state index is 5.74. The Morgan fingerprint density at radius 1 is 0.833 bits per heavy atom. The highest BCUT2D eigenvalue weighted by Crippen LogP contribution is 2.23. The van der Waals surface area contributed by atoms with Crippen molar-refractivity contribution in [3.8, 4) is 11.5 Å². The number of nitrogens with one attached hydrogen (secondary N) is 2. The van der Waals surface area contributed by atoms with Crippen molar-refractivity contribution in [1.82, 2.24) is 10.9 Å². The third kappa shape index (κ3) is 2.36. The van der Waals surface area contributed by atoms with Gasteiger partial charge in [-0.2, -0.15) is 0 Å². The van der Waals surface area contributed by atoms with Crippen LogP contribution in [0.1, 0.15) is 5.56 Å². The van der Waals surface area contributed by atoms with Gasteiger partial charge in [0.2, 0.25) is 0 Å². The Bertz CT molecular complexity index is 546. The minimum absolute atomic E-state index is 0.844. The zero-order chi connectivity index (χ0) is 12.2. The lowest BCUT2D eigenvalue weighted by molar-refractivity contribution is 0.482. The summed E-state index contributed by atoms with van der Waals surface area (Å²) in [6, 6.07) is 17.8. The van der Waals surface area contributed by atoms with E-state index in [0.29, 0.717) is 0 Å². The largest absolute Gasteiger partial charge is 0.457 e. The molecule has 0 atom stereocenters. The molecule has 0 aromatic heterocycles. The van der Waals surface area contributed by atoms with Crippen LogP contribution in [0.3, 0.4) is 0 Å². The third-order valence-corrected chi connectivity index (χ3v) is 2.78. The number of ether oxygens (including phenoxy) is 1. The third-order valence-electron chi connectivity index (χ3n) is 2.78. The lowest BCUT2D eigenvalue weighted by atomic mass is 10.1. The van der Waals surface area contributed by atoms with Gasteiger partial charge in [0.05, 0.1) is 5.70 Å². The first kappa shape index (κ1) is 10.9. The summed E-state index contributed by atoms with van der Waals surface area (Å²) in [7, 11) is 0. The van der Waals surface area contributed by atoms with E-state index < -0.39 is 0 Å². The second kappa shape index (κ2) is 4.94. The Hall–Kier alpha value is -2.26. The second-order valence-corrected chi connectivity index (χ2v) is 4.06. The smallest absolute Gasteiger partial charge is 0.127 e. The average molecular weight is 238 g/mol. The van der Waals surface area contributed by atoms with E-state index in [4.69, 9.17) is 4.74 Å². The molecule has 1 aliphatic rings. The fraction of sp³-hybridized carbons (Fsp3) is 0.0667. The standard InChI is InChI=1S/C15H14N2O/c1-2-4-13(5-3-1)18-14-8-6-12(7-9-14)15-10-11-16-17-15/h1-10,16-17H,11H2. The lowest BCUT2D eigenvalue weighted by Crippen LogP contribution is -2.22. The van der Waals surface area contributed by atoms with Crippen LogP contribution in [0.4, 0.5) is 0 Å². The van der Waals surface area contributed by atoms with E-state index in [0.717, 1.165) is 29.3 Å². The fourth-order valence-corrected chi connectivity index (χ4v) is 1.87. The Kier molecular flexibility index (Phi) is 2.98. The van der Waals surface area contributed by atoms with Crippen LogP contribution in [0.15, 0.2) is 60.7 Å². The van der Waals surface area contributed by atoms with E-state index in [1.54, 1.807) is 0 Å². The molecule has 0 amide bonds. The molecule has 0 fully saturated rings. The quantitative estimate of drug-likeness (QED) is 0.862. The average Bonchev–Trinajstić information content (AvgIpc) is 2.95. The van der Waals surface area contributed by atoms with Gasteiger partial charge in [-0.1, -0.05) is 18.2 Å². The molecule has 3 nitrogen and oxygen atoms in total. The van der Waals surface area contributed by atoms with Gasteiger partial charge in [-0.15, -0.1) is 0 Å². The predicted molar refractivity (Wildman–Crippen MR) is 72.1 cm³/mol. The Balaban J connectivity index is 1.75. The molecule has 2 aromatic carbocycles. The number of hydrogen-bond acceptors (Lipinski definition) is 3. The first-order valence-corrected chi connectivity index (χ1v) is 5.94. The van der Waals surface area contributed by atoms with Gasteiger partial charge in [0.15, 0.2) is 0 Å². The lowest BCUT2D eigenvalue weighted by Gasteiger charge is -2.07. The van der Waals surface area contributed by atoms with Crippen LogP contribution in [0.5, 0.6) is 11.5 Å². The van der Waals surface area contributed by atoms with E-state index in [1.807, 2.05) is 54.6 Å². The summed E-state index contributed by atoms with van der Waals surface area (Å²) >= 11 is 0. The van der Waals surface area contributed by atoms with Crippen molar-refractivity contribution in [3.63, 3.8) is 0 Å². The number of benzene rings is 2. The minimum atomic E-state index is 0.844. The van der Waals surface area contributed by atoms with Crippen molar-refractivity contribution in [2.45, 2.75) is 0 Å². The molecular weight excluding hydrogens is 224 g/mol. The number of para-hydroxylation sites is 1. The molecule has 2 N–H and O–H groups in total. The molecular formula is C15H14N2O. The van der Waals surface area contributed by atoms with Gasteiger partial charge in [0.1, 0.15) is 11.5 Å². The van der Waals surface area contributed by atoms with Crippen molar-refractivity contribution in [1.29, 1.82) is 0 Å². The zero-order valence-electron chi connectivity index (χ0n) is 9.89. The number of hydrazine groups is 1. The van der Waals surface area contributed by atoms with Crippen LogP contribution in [0, 0.1) is 0 Å². The summed E-state index contributed by atoms with van der Waals surface area (Å²) in [6.45, 7) is 0.859. The van der Waals surface area contributed by atoms with Crippen LogP contribution >= 0.6 is 0 Å². The summed E-state index contributed by atoms with van der Waals surface area (Å²) < 4.78 is 5.74. The van der Waals surface area contributed by atoms with E-state index >= 15 is 0 Å². The first-order valence-electron chi connectivity index (χ1n) is 5.94. The number of rotatable bonds is 3. The van der Waals surface area contributed by atoms with Crippen molar-refractivity contribution in [3.05, 3.63) is 66.2 Å². The van der Waals surface area contributed by atoms with Gasteiger partial charge in [-0.25, -0.2) is 5.43 Å². The summed E-state index contributed by atoms with van der Waals surface area (Å²) in [5.41, 5.74) is 8.43. The van der Waals surface area contributed by atoms with Gasteiger partial charge < -0.3 is 10.2 Å². The van der Waals surface area contributed by atoms with Crippen LogP contribution < -0.4 is 15.6 Å². The van der Waals surface area contributed by atoms with Crippen molar-refractivity contribution in [2.75, 3.05) is 6.54 Å². The molecule has 90 valence electrons. The van der Waals surface area contributed by atoms with E-state index in [2.05, 4.69) is 16.9 Å². The highest BCUT2D eigenvalue weighted by atomic mass is 16.5. The molecule has 2 aromatic rings. The van der Waals surface area contributed by atoms with Crippen molar-refractivity contribution < 1.29 is 4.74 Å². The van der Waals surface area contributed by atoms with Gasteiger partial charge >= 0.3 is 0 Å². The minimum Gasteiger partial charge on any atom is -0.457 e. The molecule has 0 saturated heterocycles. The monoisotopic (exact) mass is 238 g/mol. The summed E-state index contributed by atoms with van der Waals surface area (Å²) in [4.78, 5) is 0. The Morgan fingerprint density at radius 3 is 2.22 bits per heavy atom. The molecule has 0 unspecified atom stereocenters. The fourth-order valence-electron chi connectivity index (χ4n) is 1.87. The normalized spacial score (nSPS) is 13.9. The van der Waals surface area contributed by atoms with E-state index in [9.17, 15) is 0 Å². The number of hydrogen-bond donors (Lipinski definition) is 2. The van der Waals surface area contributed by atoms with Gasteiger partial charge in [0, 0.05) is 6.54 Å². The SMILES string of the molecule is C1=C(c2ccc(Oc3ccccc3)cc2)NNC1. The summed E-state index contributed by atoms with van der Waals surface area (Å²) in [5.74, 6) is 1.70. The van der Waals surface area contributed by atoms with Gasteiger partial charge in [0.25, 0.3) is 0 Å². The molecule has 0 radical (unpaired) electrons. The molecule has 18 heavy (non-hydrogen) atoms. The molecule has 3 rings (SSSR count). The zero-order valence-corrected chi connectivity index (χ0v) is 9.89. The predicted octanol–water partition coefficient (Wildman–Crippen LogP) is 2.93. The van der Waals surface area contributed by atoms with E-state index in [1.165, 1.54) is 0 Å². The maximum absolute atomic E-state index is 5.74. The topological polar surface area (TPSA) is 33.3 Å². The highest BCUT2D eigenvalue weighted by Gasteiger charge is 2.05. The van der Waals surface area contributed by atoms with Crippen LogP contribution in [-0.2, 0) is 0 Å². The first-order chi connectivity index (χ1) is 8.92. The molecule has 0 spiro atoms. The molecule has 0 bridgehead atoms. The molecule has 1 aliphatic heterocycles. The molecule has 0 aliphatic carbocycles. The van der Waals surface area contributed by atoms with Gasteiger partial charge in [-0.3, -0.25) is 0 Å². The van der Waals surface area contributed by atoms with Crippen LogP contribution in [0.2, 0.25) is 0 Å². The van der Waals surface area contributed by atoms with Gasteiger partial charge in [-0.05, 0) is 48.0 Å². The summed E-state index contributed by atoms with van der Waals surface area (Å²) in [6.07, 6.45) is 2.12. The molecule has 3 heteroatoms. The molecule has 1 heterocycles. The molecule has 0 saturated carbocycles. The second-order valence-electron chi connectivity index (χ2n) is 4.06. The van der Waals surface area contributed by atoms with Crippen LogP contribution in [0.25, 0.3) is 5.70 Å². The van der Waals surface area contributed by atoms with Crippen molar-refractivity contribution >= 4 is 5.70 Å². The maximum Gasteiger partial charge on any atom is 0.127 e. The van der Waals surface area contributed by atoms with Crippen molar-refractivity contribution in [2.24, 2.45) is 0 Å². The van der Waals surface area contributed by atoms with E-state index in [-0.39, 0.29) is 0 Å².